The molecule has 0 radical (unpaired) electrons. The SMILES string of the molecule is CCOC(=O)CCN(C)C(=O)c1ccc(NC(COc2ccccc2)c2oc3ccccc3c2C)cc1.Cc1c(C(COc2ccccc2)Nc2ccc(C(=O)N(C)CCC(=O)O)cc2)oc2ccccc12. The van der Waals surface area contributed by atoms with E-state index in [1.165, 1.54) is 9.80 Å². The van der Waals surface area contributed by atoms with Crippen LogP contribution in [0.5, 0.6) is 11.5 Å². The molecule has 2 atom stereocenters. The molecule has 0 spiro atoms. The highest BCUT2D eigenvalue weighted by Crippen LogP contribution is 2.34. The maximum atomic E-state index is 12.8. The van der Waals surface area contributed by atoms with E-state index >= 15 is 0 Å². The summed E-state index contributed by atoms with van der Waals surface area (Å²) in [7, 11) is 3.27. The van der Waals surface area contributed by atoms with Crippen molar-refractivity contribution >= 4 is 57.1 Å². The van der Waals surface area contributed by atoms with Gasteiger partial charge in [-0.15, -0.1) is 0 Å². The molecule has 372 valence electrons. The maximum Gasteiger partial charge on any atom is 0.307 e. The molecular weight excluding hydrogens is 913 g/mol. The molecular formula is C58H60N4O10. The fourth-order valence-corrected chi connectivity index (χ4v) is 8.03. The zero-order chi connectivity index (χ0) is 51.0. The van der Waals surface area contributed by atoms with Gasteiger partial charge in [-0.25, -0.2) is 0 Å². The molecule has 0 saturated heterocycles. The minimum Gasteiger partial charge on any atom is -0.491 e. The van der Waals surface area contributed by atoms with E-state index < -0.39 is 5.97 Å². The number of furan rings is 2. The molecule has 2 heterocycles. The number of amides is 2. The summed E-state index contributed by atoms with van der Waals surface area (Å²) in [4.78, 5) is 50.7. The van der Waals surface area contributed by atoms with Gasteiger partial charge in [0.25, 0.3) is 11.8 Å². The summed E-state index contributed by atoms with van der Waals surface area (Å²) in [5, 5.41) is 18.0. The van der Waals surface area contributed by atoms with Crippen LogP contribution in [0.15, 0.2) is 167 Å². The van der Waals surface area contributed by atoms with Gasteiger partial charge in [0.2, 0.25) is 0 Å². The third-order valence-corrected chi connectivity index (χ3v) is 12.0. The van der Waals surface area contributed by atoms with Crippen LogP contribution < -0.4 is 20.1 Å². The number of benzene rings is 6. The quantitative estimate of drug-likeness (QED) is 0.0583. The summed E-state index contributed by atoms with van der Waals surface area (Å²) in [6.45, 7) is 7.30. The Morgan fingerprint density at radius 1 is 0.542 bits per heavy atom. The van der Waals surface area contributed by atoms with Crippen LogP contribution in [0.1, 0.15) is 75.2 Å². The Kier molecular flexibility index (Phi) is 17.7. The van der Waals surface area contributed by atoms with Crippen LogP contribution in [-0.4, -0.2) is 85.7 Å². The number of nitrogens with zero attached hydrogens (tertiary/aromatic N) is 2. The van der Waals surface area contributed by atoms with Crippen molar-refractivity contribution in [2.24, 2.45) is 0 Å². The maximum absolute atomic E-state index is 12.8. The number of anilines is 2. The van der Waals surface area contributed by atoms with Gasteiger partial charge < -0.3 is 48.6 Å². The number of fused-ring (bicyclic) bond motifs is 2. The van der Waals surface area contributed by atoms with E-state index in [4.69, 9.17) is 28.2 Å². The number of rotatable bonds is 21. The molecule has 0 aliphatic rings. The Balaban J connectivity index is 0.000000212. The van der Waals surface area contributed by atoms with Crippen molar-refractivity contribution < 1.29 is 47.3 Å². The number of para-hydroxylation sites is 4. The van der Waals surface area contributed by atoms with Crippen LogP contribution >= 0.6 is 0 Å². The molecule has 0 saturated carbocycles. The number of hydrogen-bond acceptors (Lipinski definition) is 11. The van der Waals surface area contributed by atoms with Crippen molar-refractivity contribution in [1.29, 1.82) is 0 Å². The average Bonchev–Trinajstić information content (AvgIpc) is 3.93. The number of aliphatic carboxylic acids is 1. The molecule has 2 aromatic heterocycles. The molecule has 14 nitrogen and oxygen atoms in total. The molecule has 0 fully saturated rings. The van der Waals surface area contributed by atoms with Crippen molar-refractivity contribution in [3.63, 3.8) is 0 Å². The highest BCUT2D eigenvalue weighted by atomic mass is 16.5. The predicted molar refractivity (Wildman–Crippen MR) is 279 cm³/mol. The number of aryl methyl sites for hydroxylation is 2. The highest BCUT2D eigenvalue weighted by molar-refractivity contribution is 5.95. The zero-order valence-electron chi connectivity index (χ0n) is 41.1. The predicted octanol–water partition coefficient (Wildman–Crippen LogP) is 11.5. The lowest BCUT2D eigenvalue weighted by Crippen LogP contribution is -2.29. The fraction of sp³-hybridized carbons (Fsp3) is 0.241. The number of carboxylic acid groups (broad SMARTS) is 1. The minimum atomic E-state index is -0.936. The van der Waals surface area contributed by atoms with Gasteiger partial charge >= 0.3 is 11.9 Å². The number of carbonyl (C=O) groups excluding carboxylic acids is 3. The lowest BCUT2D eigenvalue weighted by Gasteiger charge is -2.20. The van der Waals surface area contributed by atoms with Gasteiger partial charge in [0, 0.05) is 71.6 Å². The van der Waals surface area contributed by atoms with Gasteiger partial charge in [-0.1, -0.05) is 72.8 Å². The summed E-state index contributed by atoms with van der Waals surface area (Å²) >= 11 is 0. The minimum absolute atomic E-state index is 0.0954. The number of ether oxygens (including phenoxy) is 3. The number of esters is 1. The Bertz CT molecular complexity index is 3040. The third-order valence-electron chi connectivity index (χ3n) is 12.0. The molecule has 2 amide bonds. The zero-order valence-corrected chi connectivity index (χ0v) is 41.1. The third kappa shape index (κ3) is 13.6. The second kappa shape index (κ2) is 24.9. The topological polar surface area (TPSA) is 173 Å². The lowest BCUT2D eigenvalue weighted by atomic mass is 10.1. The number of carboxylic acids is 1. The molecule has 8 rings (SSSR count). The van der Waals surface area contributed by atoms with Gasteiger partial charge in [-0.05, 0) is 106 Å². The molecule has 2 unspecified atom stereocenters. The van der Waals surface area contributed by atoms with Crippen molar-refractivity contribution in [1.82, 2.24) is 9.80 Å². The standard InChI is InChI=1S/C30H32N2O5.C28H28N2O5/c1-4-35-28(33)18-19-32(3)30(34)22-14-16-23(17-15-22)31-26(20-36-24-10-6-5-7-11-24)29-21(2)25-12-8-9-13-27(25)37-29;1-19-23-10-6-7-11-25(23)35-27(19)24(18-34-22-8-4-3-5-9-22)29-21-14-12-20(13-15-21)28(33)30(2)17-16-26(31)32/h5-17,26,31H,4,18-20H2,1-3H3;3-15,24,29H,16-18H2,1-2H3,(H,31,32). The first-order valence-electron chi connectivity index (χ1n) is 23.8. The second-order valence-electron chi connectivity index (χ2n) is 17.1. The van der Waals surface area contributed by atoms with Gasteiger partial charge in [-0.2, -0.15) is 0 Å². The van der Waals surface area contributed by atoms with E-state index in [1.54, 1.807) is 45.3 Å². The molecule has 3 N–H and O–H groups in total. The Morgan fingerprint density at radius 3 is 1.32 bits per heavy atom. The molecule has 14 heteroatoms. The summed E-state index contributed by atoms with van der Waals surface area (Å²) in [6.07, 6.45) is 0.0670. The van der Waals surface area contributed by atoms with E-state index in [-0.39, 0.29) is 49.3 Å². The van der Waals surface area contributed by atoms with Crippen LogP contribution in [0.2, 0.25) is 0 Å². The number of nitrogens with one attached hydrogen (secondary N) is 2. The molecule has 8 aromatic rings. The summed E-state index contributed by atoms with van der Waals surface area (Å²) < 4.78 is 29.5. The number of carbonyl (C=O) groups is 4. The van der Waals surface area contributed by atoms with Crippen molar-refractivity contribution in [2.75, 3.05) is 57.6 Å². The summed E-state index contributed by atoms with van der Waals surface area (Å²) in [5.74, 6) is 1.49. The van der Waals surface area contributed by atoms with Crippen LogP contribution in [0.4, 0.5) is 11.4 Å². The van der Waals surface area contributed by atoms with E-state index in [2.05, 4.69) is 10.6 Å². The molecule has 72 heavy (non-hydrogen) atoms. The van der Waals surface area contributed by atoms with Crippen LogP contribution in [0.3, 0.4) is 0 Å². The van der Waals surface area contributed by atoms with Gasteiger partial charge in [0.1, 0.15) is 59.5 Å². The first-order valence-corrected chi connectivity index (χ1v) is 23.8. The van der Waals surface area contributed by atoms with Gasteiger partial charge in [-0.3, -0.25) is 19.2 Å². The highest BCUT2D eigenvalue weighted by Gasteiger charge is 2.24. The monoisotopic (exact) mass is 972 g/mol. The van der Waals surface area contributed by atoms with E-state index in [0.29, 0.717) is 37.5 Å². The van der Waals surface area contributed by atoms with Crippen LogP contribution in [0, 0.1) is 13.8 Å². The molecule has 0 bridgehead atoms. The lowest BCUT2D eigenvalue weighted by molar-refractivity contribution is -0.143. The van der Waals surface area contributed by atoms with E-state index in [0.717, 1.165) is 67.5 Å². The molecule has 0 aliphatic carbocycles. The van der Waals surface area contributed by atoms with Crippen LogP contribution in [0.25, 0.3) is 21.9 Å². The first-order chi connectivity index (χ1) is 34.9. The van der Waals surface area contributed by atoms with Gasteiger partial charge in [0.05, 0.1) is 19.4 Å². The van der Waals surface area contributed by atoms with Crippen LogP contribution in [-0.2, 0) is 14.3 Å². The smallest absolute Gasteiger partial charge is 0.307 e. The summed E-state index contributed by atoms with van der Waals surface area (Å²) in [6, 6.07) is 48.9. The first kappa shape index (κ1) is 51.3. The molecule has 0 aliphatic heterocycles. The second-order valence-corrected chi connectivity index (χ2v) is 17.1. The molecule has 6 aromatic carbocycles. The Morgan fingerprint density at radius 2 is 0.931 bits per heavy atom. The van der Waals surface area contributed by atoms with Gasteiger partial charge in [0.15, 0.2) is 0 Å². The Labute approximate surface area is 419 Å². The number of hydrogen-bond donors (Lipinski definition) is 3. The Hall–Kier alpha value is -8.52. The fourth-order valence-electron chi connectivity index (χ4n) is 8.03. The van der Waals surface area contributed by atoms with E-state index in [9.17, 15) is 19.2 Å². The average molecular weight is 973 g/mol. The summed E-state index contributed by atoms with van der Waals surface area (Å²) in [5.41, 5.74) is 6.39. The van der Waals surface area contributed by atoms with Crippen molar-refractivity contribution in [3.8, 4) is 11.5 Å². The normalized spacial score (nSPS) is 11.7. The van der Waals surface area contributed by atoms with E-state index in [1.807, 2.05) is 147 Å². The largest absolute Gasteiger partial charge is 0.491 e. The van der Waals surface area contributed by atoms with Crippen molar-refractivity contribution in [3.05, 3.63) is 191 Å². The van der Waals surface area contributed by atoms with Crippen molar-refractivity contribution in [2.45, 2.75) is 45.7 Å².